The molecule has 0 aromatic heterocycles. The van der Waals surface area contributed by atoms with E-state index in [0.29, 0.717) is 6.42 Å². The second kappa shape index (κ2) is 4.77. The van der Waals surface area contributed by atoms with Gasteiger partial charge < -0.3 is 5.11 Å². The Balaban J connectivity index is 2.45. The molecule has 0 aliphatic heterocycles. The molecule has 0 aliphatic rings. The molecule has 1 rings (SSSR count). The van der Waals surface area contributed by atoms with Gasteiger partial charge in [-0.05, 0) is 18.9 Å². The smallest absolute Gasteiger partial charge is 0.132 e. The Kier molecular flexibility index (Phi) is 3.65. The van der Waals surface area contributed by atoms with Crippen LogP contribution in [0.2, 0.25) is 0 Å². The van der Waals surface area contributed by atoms with Crippen LogP contribution in [-0.2, 0) is 11.2 Å². The third-order valence-electron chi connectivity index (χ3n) is 1.84. The highest BCUT2D eigenvalue weighted by molar-refractivity contribution is 5.75. The van der Waals surface area contributed by atoms with E-state index in [9.17, 15) is 9.90 Å². The predicted octanol–water partition coefficient (Wildman–Crippen LogP) is 1.57. The monoisotopic (exact) mass is 178 g/mol. The molecule has 0 saturated carbocycles. The van der Waals surface area contributed by atoms with Crippen LogP contribution in [0, 0.1) is 0 Å². The fourth-order valence-corrected chi connectivity index (χ4v) is 1.29. The number of Topliss-reactive ketones (excluding diaryl/α,β-unsaturated/α-hetero) is 1. The lowest BCUT2D eigenvalue weighted by Crippen LogP contribution is -2.14. The highest BCUT2D eigenvalue weighted by Crippen LogP contribution is 2.05. The molecule has 0 unspecified atom stereocenters. The summed E-state index contributed by atoms with van der Waals surface area (Å²) in [6.45, 7) is 1.49. The van der Waals surface area contributed by atoms with E-state index in [-0.39, 0.29) is 12.2 Å². The van der Waals surface area contributed by atoms with Crippen molar-refractivity contribution in [3.63, 3.8) is 0 Å². The van der Waals surface area contributed by atoms with Crippen molar-refractivity contribution >= 4 is 5.78 Å². The maximum Gasteiger partial charge on any atom is 0.132 e. The van der Waals surface area contributed by atoms with E-state index in [1.807, 2.05) is 30.3 Å². The van der Waals surface area contributed by atoms with E-state index >= 15 is 0 Å². The van der Waals surface area contributed by atoms with Crippen molar-refractivity contribution in [2.75, 3.05) is 0 Å². The van der Waals surface area contributed by atoms with Gasteiger partial charge in [0.1, 0.15) is 5.78 Å². The maximum atomic E-state index is 10.7. The molecular weight excluding hydrogens is 164 g/mol. The molecule has 0 fully saturated rings. The van der Waals surface area contributed by atoms with E-state index < -0.39 is 6.10 Å². The Morgan fingerprint density at radius 3 is 2.54 bits per heavy atom. The molecule has 1 aromatic rings. The summed E-state index contributed by atoms with van der Waals surface area (Å²) in [5.41, 5.74) is 1.07. The van der Waals surface area contributed by atoms with Crippen LogP contribution < -0.4 is 0 Å². The van der Waals surface area contributed by atoms with Crippen molar-refractivity contribution in [3.8, 4) is 0 Å². The summed E-state index contributed by atoms with van der Waals surface area (Å²) >= 11 is 0. The number of hydrogen-bond acceptors (Lipinski definition) is 2. The lowest BCUT2D eigenvalue weighted by atomic mass is 10.0. The minimum atomic E-state index is -0.542. The Bertz CT molecular complexity index is 267. The molecular formula is C11H14O2. The predicted molar refractivity (Wildman–Crippen MR) is 51.5 cm³/mol. The van der Waals surface area contributed by atoms with Crippen molar-refractivity contribution in [1.29, 1.82) is 0 Å². The highest BCUT2D eigenvalue weighted by Gasteiger charge is 2.07. The van der Waals surface area contributed by atoms with Gasteiger partial charge in [0.15, 0.2) is 0 Å². The second-order valence-corrected chi connectivity index (χ2v) is 3.25. The van der Waals surface area contributed by atoms with Crippen LogP contribution in [0.5, 0.6) is 0 Å². The van der Waals surface area contributed by atoms with Gasteiger partial charge in [0.05, 0.1) is 6.10 Å². The Hall–Kier alpha value is -1.15. The maximum absolute atomic E-state index is 10.7. The zero-order valence-corrected chi connectivity index (χ0v) is 7.73. The van der Waals surface area contributed by atoms with E-state index in [1.54, 1.807) is 0 Å². The van der Waals surface area contributed by atoms with Crippen molar-refractivity contribution < 1.29 is 9.90 Å². The molecule has 1 aromatic carbocycles. The SMILES string of the molecule is CC(=O)C[C@@H](O)Cc1ccccc1. The van der Waals surface area contributed by atoms with Gasteiger partial charge in [-0.3, -0.25) is 4.79 Å². The Morgan fingerprint density at radius 1 is 1.38 bits per heavy atom. The molecule has 0 radical (unpaired) electrons. The molecule has 1 N–H and O–H groups in total. The zero-order chi connectivity index (χ0) is 9.68. The van der Waals surface area contributed by atoms with Gasteiger partial charge >= 0.3 is 0 Å². The summed E-state index contributed by atoms with van der Waals surface area (Å²) < 4.78 is 0. The molecule has 2 nitrogen and oxygen atoms in total. The number of benzene rings is 1. The largest absolute Gasteiger partial charge is 0.392 e. The first kappa shape index (κ1) is 9.93. The summed E-state index contributed by atoms with van der Waals surface area (Å²) in [7, 11) is 0. The van der Waals surface area contributed by atoms with Crippen LogP contribution >= 0.6 is 0 Å². The molecule has 70 valence electrons. The summed E-state index contributed by atoms with van der Waals surface area (Å²) in [6.07, 6.45) is 0.259. The van der Waals surface area contributed by atoms with Crippen LogP contribution in [0.15, 0.2) is 30.3 Å². The molecule has 0 heterocycles. The fourth-order valence-electron chi connectivity index (χ4n) is 1.29. The van der Waals surface area contributed by atoms with Crippen molar-refractivity contribution in [2.45, 2.75) is 25.9 Å². The van der Waals surface area contributed by atoms with Crippen molar-refractivity contribution in [3.05, 3.63) is 35.9 Å². The first-order chi connectivity index (χ1) is 6.18. The quantitative estimate of drug-likeness (QED) is 0.759. The molecule has 0 saturated heterocycles. The Labute approximate surface area is 78.2 Å². The fraction of sp³-hybridized carbons (Fsp3) is 0.364. The topological polar surface area (TPSA) is 37.3 Å². The van der Waals surface area contributed by atoms with Crippen LogP contribution in [0.1, 0.15) is 18.9 Å². The van der Waals surface area contributed by atoms with Gasteiger partial charge in [-0.1, -0.05) is 30.3 Å². The summed E-state index contributed by atoms with van der Waals surface area (Å²) in [5.74, 6) is 0.0310. The van der Waals surface area contributed by atoms with Crippen LogP contribution in [0.25, 0.3) is 0 Å². The van der Waals surface area contributed by atoms with E-state index in [4.69, 9.17) is 0 Å². The molecule has 1 atom stereocenters. The first-order valence-electron chi connectivity index (χ1n) is 4.40. The molecule has 2 heteroatoms. The number of carbonyl (C=O) groups excluding carboxylic acids is 1. The zero-order valence-electron chi connectivity index (χ0n) is 7.73. The highest BCUT2D eigenvalue weighted by atomic mass is 16.3. The van der Waals surface area contributed by atoms with Crippen LogP contribution in [-0.4, -0.2) is 17.0 Å². The van der Waals surface area contributed by atoms with Gasteiger partial charge in [0.25, 0.3) is 0 Å². The van der Waals surface area contributed by atoms with Crippen molar-refractivity contribution in [2.24, 2.45) is 0 Å². The summed E-state index contributed by atoms with van der Waals surface area (Å²) in [6, 6.07) is 9.68. The second-order valence-electron chi connectivity index (χ2n) is 3.25. The number of aliphatic hydroxyl groups excluding tert-OH is 1. The number of carbonyl (C=O) groups is 1. The van der Waals surface area contributed by atoms with E-state index in [0.717, 1.165) is 5.56 Å². The van der Waals surface area contributed by atoms with Gasteiger partial charge in [0.2, 0.25) is 0 Å². The van der Waals surface area contributed by atoms with E-state index in [2.05, 4.69) is 0 Å². The lowest BCUT2D eigenvalue weighted by molar-refractivity contribution is -0.118. The van der Waals surface area contributed by atoms with Gasteiger partial charge in [-0.15, -0.1) is 0 Å². The minimum absolute atomic E-state index is 0.0310. The van der Waals surface area contributed by atoms with Crippen LogP contribution in [0.4, 0.5) is 0 Å². The normalized spacial score (nSPS) is 12.5. The van der Waals surface area contributed by atoms with Gasteiger partial charge in [-0.2, -0.15) is 0 Å². The molecule has 0 amide bonds. The van der Waals surface area contributed by atoms with Gasteiger partial charge in [0, 0.05) is 6.42 Å². The lowest BCUT2D eigenvalue weighted by Gasteiger charge is -2.07. The van der Waals surface area contributed by atoms with Crippen molar-refractivity contribution in [1.82, 2.24) is 0 Å². The first-order valence-corrected chi connectivity index (χ1v) is 4.40. The summed E-state index contributed by atoms with van der Waals surface area (Å²) in [4.78, 5) is 10.7. The number of hydrogen-bond donors (Lipinski definition) is 1. The van der Waals surface area contributed by atoms with E-state index in [1.165, 1.54) is 6.92 Å². The van der Waals surface area contributed by atoms with Gasteiger partial charge in [-0.25, -0.2) is 0 Å². The minimum Gasteiger partial charge on any atom is -0.392 e. The van der Waals surface area contributed by atoms with Crippen LogP contribution in [0.3, 0.4) is 0 Å². The standard InChI is InChI=1S/C11H14O2/c1-9(12)7-11(13)8-10-5-3-2-4-6-10/h2-6,11,13H,7-8H2,1H3/t11-/m1/s1. The molecule has 13 heavy (non-hydrogen) atoms. The number of ketones is 1. The average molecular weight is 178 g/mol. The third-order valence-corrected chi connectivity index (χ3v) is 1.84. The Morgan fingerprint density at radius 2 is 2.00 bits per heavy atom. The average Bonchev–Trinajstić information content (AvgIpc) is 2.04. The molecule has 0 bridgehead atoms. The number of rotatable bonds is 4. The number of aliphatic hydroxyl groups is 1. The molecule has 0 aliphatic carbocycles. The summed E-state index contributed by atoms with van der Waals surface area (Å²) in [5, 5.41) is 9.45. The third kappa shape index (κ3) is 3.85. The molecule has 0 spiro atoms.